The summed E-state index contributed by atoms with van der Waals surface area (Å²) in [5, 5.41) is 11.0. The van der Waals surface area contributed by atoms with Gasteiger partial charge in [0.25, 0.3) is 0 Å². The topological polar surface area (TPSA) is 133 Å². The minimum atomic E-state index is -1.51. The molecule has 0 heterocycles. The molecule has 0 aromatic heterocycles. The number of ether oxygens (including phenoxy) is 3. The second kappa shape index (κ2) is 7.98. The number of aliphatic hydroxyl groups is 1. The van der Waals surface area contributed by atoms with Crippen molar-refractivity contribution in [3.05, 3.63) is 12.2 Å². The molecule has 4 saturated carbocycles. The van der Waals surface area contributed by atoms with Crippen LogP contribution in [0.5, 0.6) is 0 Å². The molecule has 1 N–H and O–H groups in total. The summed E-state index contributed by atoms with van der Waals surface area (Å²) in [5.74, 6) is -4.64. The monoisotopic (exact) mass is 490 g/mol. The van der Waals surface area contributed by atoms with E-state index in [2.05, 4.69) is 6.58 Å². The first-order valence-electron chi connectivity index (χ1n) is 12.1. The highest BCUT2D eigenvalue weighted by molar-refractivity contribution is 6.07. The van der Waals surface area contributed by atoms with E-state index in [1.165, 1.54) is 20.8 Å². The van der Waals surface area contributed by atoms with Gasteiger partial charge in [-0.3, -0.25) is 24.0 Å². The summed E-state index contributed by atoms with van der Waals surface area (Å²) < 4.78 is 17.2. The number of fused-ring (bicyclic) bond motifs is 3. The van der Waals surface area contributed by atoms with Gasteiger partial charge in [-0.1, -0.05) is 27.4 Å². The van der Waals surface area contributed by atoms with Gasteiger partial charge in [-0.25, -0.2) is 0 Å². The van der Waals surface area contributed by atoms with E-state index in [9.17, 15) is 29.1 Å². The number of Topliss-reactive ketones (excluding diaryl/α,β-unsaturated/α-hetero) is 2. The Bertz CT molecular complexity index is 1030. The van der Waals surface area contributed by atoms with Crippen molar-refractivity contribution in [1.82, 2.24) is 0 Å². The summed E-state index contributed by atoms with van der Waals surface area (Å²) in [7, 11) is 0. The van der Waals surface area contributed by atoms with Gasteiger partial charge >= 0.3 is 17.9 Å². The Hall–Kier alpha value is -2.55. The highest BCUT2D eigenvalue weighted by Gasteiger charge is 2.79. The number of hydrogen-bond donors (Lipinski definition) is 1. The van der Waals surface area contributed by atoms with Gasteiger partial charge in [0.05, 0.1) is 11.5 Å². The van der Waals surface area contributed by atoms with Crippen LogP contribution in [-0.2, 0) is 38.2 Å². The molecule has 35 heavy (non-hydrogen) atoms. The second-order valence-corrected chi connectivity index (χ2v) is 11.5. The molecule has 1 spiro atoms. The Balaban J connectivity index is 2.02. The molecule has 9 atom stereocenters. The fourth-order valence-corrected chi connectivity index (χ4v) is 8.23. The van der Waals surface area contributed by atoms with Gasteiger partial charge in [-0.05, 0) is 12.0 Å². The molecule has 4 aliphatic carbocycles. The number of ketones is 2. The van der Waals surface area contributed by atoms with E-state index >= 15 is 0 Å². The van der Waals surface area contributed by atoms with Crippen molar-refractivity contribution in [3.63, 3.8) is 0 Å². The molecule has 2 bridgehead atoms. The number of rotatable bonds is 3. The van der Waals surface area contributed by atoms with Crippen LogP contribution in [0.15, 0.2) is 12.2 Å². The molecule has 0 aromatic carbocycles. The molecule has 4 rings (SSSR count). The molecule has 0 aromatic rings. The average molecular weight is 491 g/mol. The lowest BCUT2D eigenvalue weighted by Crippen LogP contribution is -2.73. The van der Waals surface area contributed by atoms with Crippen LogP contribution in [0.2, 0.25) is 0 Å². The summed E-state index contributed by atoms with van der Waals surface area (Å²) in [6.07, 6.45) is -3.67. The predicted molar refractivity (Wildman–Crippen MR) is 120 cm³/mol. The highest BCUT2D eigenvalue weighted by atomic mass is 16.6. The molecule has 9 nitrogen and oxygen atoms in total. The van der Waals surface area contributed by atoms with Crippen LogP contribution in [0.3, 0.4) is 0 Å². The highest BCUT2D eigenvalue weighted by Crippen LogP contribution is 2.71. The first-order chi connectivity index (χ1) is 16.1. The molecule has 0 aliphatic heterocycles. The maximum Gasteiger partial charge on any atom is 0.302 e. The van der Waals surface area contributed by atoms with Crippen LogP contribution in [0.4, 0.5) is 0 Å². The number of carbonyl (C=O) groups is 5. The summed E-state index contributed by atoms with van der Waals surface area (Å²) in [6.45, 7) is 13.1. The molecule has 1 unspecified atom stereocenters. The Morgan fingerprint density at radius 2 is 1.51 bits per heavy atom. The summed E-state index contributed by atoms with van der Waals surface area (Å²) >= 11 is 0. The third-order valence-corrected chi connectivity index (χ3v) is 9.18. The van der Waals surface area contributed by atoms with Crippen molar-refractivity contribution in [2.75, 3.05) is 0 Å². The van der Waals surface area contributed by atoms with Gasteiger partial charge in [0.1, 0.15) is 24.1 Å². The quantitative estimate of drug-likeness (QED) is 0.358. The largest absolute Gasteiger partial charge is 0.462 e. The fraction of sp³-hybridized carbons (Fsp3) is 0.731. The van der Waals surface area contributed by atoms with Gasteiger partial charge in [-0.15, -0.1) is 0 Å². The van der Waals surface area contributed by atoms with Crippen LogP contribution in [0, 0.1) is 34.0 Å². The van der Waals surface area contributed by atoms with Crippen molar-refractivity contribution in [1.29, 1.82) is 0 Å². The Morgan fingerprint density at radius 3 is 2.06 bits per heavy atom. The van der Waals surface area contributed by atoms with Gasteiger partial charge < -0.3 is 19.3 Å². The van der Waals surface area contributed by atoms with Crippen LogP contribution in [0.25, 0.3) is 0 Å². The molecule has 0 amide bonds. The SMILES string of the molecule is C=C1C(=O)[C@@]23CC(=O)[C@@H]4C(C)(C)[C@@H](O)C[C@@H](OC(C)=O)[C@@]4(C)[C@@H]2[C@H](OC(C)=O)CC1[C@H]3OC(C)=O. The molecule has 4 aliphatic rings. The Kier molecular flexibility index (Phi) is 5.82. The van der Waals surface area contributed by atoms with Gasteiger partial charge in [-0.2, -0.15) is 0 Å². The van der Waals surface area contributed by atoms with Crippen molar-refractivity contribution < 1.29 is 43.3 Å². The van der Waals surface area contributed by atoms with Gasteiger partial charge in [0.2, 0.25) is 0 Å². The maximum absolute atomic E-state index is 14.0. The van der Waals surface area contributed by atoms with E-state index in [4.69, 9.17) is 14.2 Å². The van der Waals surface area contributed by atoms with Crippen LogP contribution in [0.1, 0.15) is 60.8 Å². The summed E-state index contributed by atoms with van der Waals surface area (Å²) in [4.78, 5) is 64.4. The molecule has 0 radical (unpaired) electrons. The molecule has 0 saturated heterocycles. The van der Waals surface area contributed by atoms with E-state index in [1.807, 2.05) is 0 Å². The van der Waals surface area contributed by atoms with E-state index in [0.29, 0.717) is 0 Å². The van der Waals surface area contributed by atoms with Crippen LogP contribution >= 0.6 is 0 Å². The van der Waals surface area contributed by atoms with E-state index < -0.39 is 76.3 Å². The van der Waals surface area contributed by atoms with Crippen LogP contribution in [-0.4, -0.2) is 59.0 Å². The average Bonchev–Trinajstić information content (AvgIpc) is 2.81. The lowest BCUT2D eigenvalue weighted by atomic mass is 9.38. The third kappa shape index (κ3) is 3.33. The zero-order valence-electron chi connectivity index (χ0n) is 21.1. The maximum atomic E-state index is 14.0. The smallest absolute Gasteiger partial charge is 0.302 e. The number of aliphatic hydroxyl groups excluding tert-OH is 1. The second-order valence-electron chi connectivity index (χ2n) is 11.5. The van der Waals surface area contributed by atoms with Crippen LogP contribution < -0.4 is 0 Å². The minimum absolute atomic E-state index is 0.0447. The zero-order chi connectivity index (χ0) is 26.2. The number of hydrogen-bond acceptors (Lipinski definition) is 9. The number of esters is 3. The first-order valence-corrected chi connectivity index (χ1v) is 12.1. The summed E-state index contributed by atoms with van der Waals surface area (Å²) in [5.41, 5.74) is -3.39. The first kappa shape index (κ1) is 25.5. The molecule has 192 valence electrons. The lowest BCUT2D eigenvalue weighted by Gasteiger charge is -2.66. The molecule has 4 fully saturated rings. The zero-order valence-corrected chi connectivity index (χ0v) is 21.1. The Morgan fingerprint density at radius 1 is 0.943 bits per heavy atom. The fourth-order valence-electron chi connectivity index (χ4n) is 8.23. The number of carbonyl (C=O) groups excluding carboxylic acids is 5. The van der Waals surface area contributed by atoms with Crippen molar-refractivity contribution in [3.8, 4) is 0 Å². The Labute approximate surface area is 204 Å². The molecular weight excluding hydrogens is 456 g/mol. The van der Waals surface area contributed by atoms with Crippen molar-refractivity contribution in [2.45, 2.75) is 85.2 Å². The lowest BCUT2D eigenvalue weighted by molar-refractivity contribution is -0.261. The third-order valence-electron chi connectivity index (χ3n) is 9.18. The molecule has 9 heteroatoms. The van der Waals surface area contributed by atoms with Crippen molar-refractivity contribution in [2.24, 2.45) is 34.0 Å². The van der Waals surface area contributed by atoms with E-state index in [-0.39, 0.29) is 36.4 Å². The predicted octanol–water partition coefficient (Wildman–Crippen LogP) is 1.93. The minimum Gasteiger partial charge on any atom is -0.462 e. The normalized spacial score (nSPS) is 43.6. The van der Waals surface area contributed by atoms with Gasteiger partial charge in [0, 0.05) is 62.2 Å². The van der Waals surface area contributed by atoms with E-state index in [0.717, 1.165) is 0 Å². The standard InChI is InChI=1S/C26H34O9/c1-11-15-8-17(33-12(2)27)21-25(7)19(34-13(3)28)9-18(31)24(5,6)20(25)16(30)10-26(21,22(11)32)23(15)35-14(4)29/h15,17-21,23,31H,1,8-10H2,2-7H3/t15?,17-,18+,19-,20-,21+,23-,25-,26-/m1/s1. The summed E-state index contributed by atoms with van der Waals surface area (Å²) in [6, 6.07) is 0. The molecular formula is C26H34O9. The van der Waals surface area contributed by atoms with E-state index in [1.54, 1.807) is 20.8 Å². The van der Waals surface area contributed by atoms with Gasteiger partial charge in [0.15, 0.2) is 5.78 Å². The van der Waals surface area contributed by atoms with Crippen molar-refractivity contribution >= 4 is 29.5 Å².